The van der Waals surface area contributed by atoms with Crippen LogP contribution in [0.3, 0.4) is 0 Å². The van der Waals surface area contributed by atoms with Gasteiger partial charge in [0.15, 0.2) is 18.2 Å². The third kappa shape index (κ3) is 5.47. The van der Waals surface area contributed by atoms with Gasteiger partial charge in [-0.25, -0.2) is 4.39 Å². The van der Waals surface area contributed by atoms with Gasteiger partial charge >= 0.3 is 0 Å². The molecule has 0 radical (unpaired) electrons. The zero-order chi connectivity index (χ0) is 21.5. The number of carbonyl (C=O) groups is 2. The second-order valence-electron chi connectivity index (χ2n) is 6.93. The minimum absolute atomic E-state index is 0.0543. The number of aromatic nitrogens is 2. The molecule has 1 aliphatic rings. The first-order chi connectivity index (χ1) is 14.5. The summed E-state index contributed by atoms with van der Waals surface area (Å²) in [5, 5.41) is 6.88. The van der Waals surface area contributed by atoms with Gasteiger partial charge in [0, 0.05) is 52.5 Å². The van der Waals surface area contributed by atoms with Crippen molar-refractivity contribution in [3.63, 3.8) is 0 Å². The molecule has 0 bridgehead atoms. The maximum atomic E-state index is 13.5. The molecule has 2 aromatic rings. The average molecular weight is 419 g/mol. The van der Waals surface area contributed by atoms with E-state index in [0.717, 1.165) is 0 Å². The molecule has 10 heteroatoms. The summed E-state index contributed by atoms with van der Waals surface area (Å²) in [5.41, 5.74) is 0.454. The van der Waals surface area contributed by atoms with Gasteiger partial charge in [-0.3, -0.25) is 19.2 Å². The van der Waals surface area contributed by atoms with Gasteiger partial charge in [-0.1, -0.05) is 12.1 Å². The van der Waals surface area contributed by atoms with Gasteiger partial charge in [0.1, 0.15) is 5.56 Å². The molecule has 3 rings (SSSR count). The van der Waals surface area contributed by atoms with Crippen molar-refractivity contribution in [2.75, 3.05) is 53.0 Å². The highest BCUT2D eigenvalue weighted by atomic mass is 19.1. The fourth-order valence-electron chi connectivity index (χ4n) is 3.22. The molecular formula is C20H26FN5O4. The fraction of sp³-hybridized carbons (Fsp3) is 0.450. The van der Waals surface area contributed by atoms with E-state index in [1.807, 2.05) is 0 Å². The summed E-state index contributed by atoms with van der Waals surface area (Å²) in [5.74, 6) is -0.528. The predicted molar refractivity (Wildman–Crippen MR) is 107 cm³/mol. The minimum Gasteiger partial charge on any atom is -0.481 e. The van der Waals surface area contributed by atoms with Gasteiger partial charge in [0.25, 0.3) is 11.8 Å². The lowest BCUT2D eigenvalue weighted by Crippen LogP contribution is -2.50. The zero-order valence-corrected chi connectivity index (χ0v) is 17.1. The lowest BCUT2D eigenvalue weighted by atomic mass is 10.2. The number of rotatable bonds is 8. The number of carbonyl (C=O) groups excluding carboxylic acids is 2. The molecule has 1 fully saturated rings. The van der Waals surface area contributed by atoms with E-state index in [9.17, 15) is 14.0 Å². The quantitative estimate of drug-likeness (QED) is 0.671. The summed E-state index contributed by atoms with van der Waals surface area (Å²) in [6.45, 7) is 3.44. The Morgan fingerprint density at radius 1 is 1.20 bits per heavy atom. The largest absolute Gasteiger partial charge is 0.481 e. The number of amides is 2. The SMILES string of the molecule is COc1nn(C)cc1C(=O)N1CCN(CCNC(=O)COc2ccccc2F)CC1. The summed E-state index contributed by atoms with van der Waals surface area (Å²) < 4.78 is 25.4. The number of methoxy groups -OCH3 is 1. The summed E-state index contributed by atoms with van der Waals surface area (Å²) in [4.78, 5) is 28.5. The molecule has 2 amide bonds. The summed E-state index contributed by atoms with van der Waals surface area (Å²) in [6, 6.07) is 5.96. The summed E-state index contributed by atoms with van der Waals surface area (Å²) in [7, 11) is 3.24. The molecule has 30 heavy (non-hydrogen) atoms. The number of halogens is 1. The number of nitrogens with one attached hydrogen (secondary N) is 1. The van der Waals surface area contributed by atoms with Crippen LogP contribution in [0.2, 0.25) is 0 Å². The highest BCUT2D eigenvalue weighted by molar-refractivity contribution is 5.96. The van der Waals surface area contributed by atoms with Crippen molar-refractivity contribution in [3.8, 4) is 11.6 Å². The molecule has 0 aliphatic carbocycles. The molecule has 1 aromatic heterocycles. The lowest BCUT2D eigenvalue weighted by Gasteiger charge is -2.34. The fourth-order valence-corrected chi connectivity index (χ4v) is 3.22. The number of aryl methyl sites for hydroxylation is 1. The second-order valence-corrected chi connectivity index (χ2v) is 6.93. The number of hydrogen-bond acceptors (Lipinski definition) is 6. The Balaban J connectivity index is 1.36. The van der Waals surface area contributed by atoms with Gasteiger partial charge in [0.2, 0.25) is 5.88 Å². The minimum atomic E-state index is -0.498. The molecule has 0 unspecified atom stereocenters. The number of nitrogens with zero attached hydrogens (tertiary/aromatic N) is 4. The van der Waals surface area contributed by atoms with Crippen LogP contribution in [0.25, 0.3) is 0 Å². The normalized spacial score (nSPS) is 14.4. The van der Waals surface area contributed by atoms with E-state index in [-0.39, 0.29) is 24.2 Å². The Bertz CT molecular complexity index is 880. The van der Waals surface area contributed by atoms with E-state index in [1.54, 1.807) is 35.0 Å². The maximum Gasteiger partial charge on any atom is 0.261 e. The van der Waals surface area contributed by atoms with Crippen LogP contribution in [0.4, 0.5) is 4.39 Å². The van der Waals surface area contributed by atoms with Crippen molar-refractivity contribution in [1.29, 1.82) is 0 Å². The monoisotopic (exact) mass is 419 g/mol. The van der Waals surface area contributed by atoms with E-state index in [4.69, 9.17) is 9.47 Å². The average Bonchev–Trinajstić information content (AvgIpc) is 3.14. The Kier molecular flexibility index (Phi) is 7.23. The van der Waals surface area contributed by atoms with Crippen molar-refractivity contribution in [2.24, 2.45) is 7.05 Å². The third-order valence-electron chi connectivity index (χ3n) is 4.82. The van der Waals surface area contributed by atoms with Crippen LogP contribution in [0.15, 0.2) is 30.5 Å². The number of benzene rings is 1. The highest BCUT2D eigenvalue weighted by Crippen LogP contribution is 2.18. The van der Waals surface area contributed by atoms with Crippen molar-refractivity contribution < 1.29 is 23.5 Å². The predicted octanol–water partition coefficient (Wildman–Crippen LogP) is 0.521. The van der Waals surface area contributed by atoms with E-state index in [0.29, 0.717) is 50.7 Å². The van der Waals surface area contributed by atoms with E-state index in [2.05, 4.69) is 15.3 Å². The van der Waals surface area contributed by atoms with Crippen LogP contribution < -0.4 is 14.8 Å². The molecule has 0 spiro atoms. The van der Waals surface area contributed by atoms with E-state index < -0.39 is 5.82 Å². The van der Waals surface area contributed by atoms with Crippen molar-refractivity contribution in [1.82, 2.24) is 24.9 Å². The first-order valence-corrected chi connectivity index (χ1v) is 9.71. The first-order valence-electron chi connectivity index (χ1n) is 9.71. The molecule has 2 heterocycles. The Labute approximate surface area is 174 Å². The molecule has 0 atom stereocenters. The van der Waals surface area contributed by atoms with Crippen LogP contribution in [0.5, 0.6) is 11.6 Å². The van der Waals surface area contributed by atoms with Gasteiger partial charge in [-0.15, -0.1) is 5.10 Å². The van der Waals surface area contributed by atoms with E-state index in [1.165, 1.54) is 19.2 Å². The zero-order valence-electron chi connectivity index (χ0n) is 17.1. The topological polar surface area (TPSA) is 88.9 Å². The van der Waals surface area contributed by atoms with Crippen LogP contribution in [-0.2, 0) is 11.8 Å². The number of ether oxygens (including phenoxy) is 2. The molecule has 1 aromatic carbocycles. The number of piperazine rings is 1. The van der Waals surface area contributed by atoms with Gasteiger partial charge in [0.05, 0.1) is 7.11 Å². The standard InChI is InChI=1S/C20H26FN5O4/c1-24-13-15(19(23-24)29-2)20(28)26-11-9-25(10-12-26)8-7-22-18(27)14-30-17-6-4-3-5-16(17)21/h3-6,13H,7-12,14H2,1-2H3,(H,22,27). The van der Waals surface area contributed by atoms with Gasteiger partial charge < -0.3 is 19.7 Å². The first kappa shape index (κ1) is 21.6. The van der Waals surface area contributed by atoms with Crippen LogP contribution >= 0.6 is 0 Å². The second kappa shape index (κ2) is 10.1. The molecular weight excluding hydrogens is 393 g/mol. The van der Waals surface area contributed by atoms with E-state index >= 15 is 0 Å². The van der Waals surface area contributed by atoms with Crippen LogP contribution in [0, 0.1) is 5.82 Å². The van der Waals surface area contributed by atoms with Crippen LogP contribution in [0.1, 0.15) is 10.4 Å². The van der Waals surface area contributed by atoms with Crippen LogP contribution in [-0.4, -0.2) is 84.4 Å². The Morgan fingerprint density at radius 2 is 1.93 bits per heavy atom. The molecule has 1 N–H and O–H groups in total. The van der Waals surface area contributed by atoms with Crippen molar-refractivity contribution >= 4 is 11.8 Å². The number of hydrogen-bond donors (Lipinski definition) is 1. The molecule has 1 aliphatic heterocycles. The summed E-state index contributed by atoms with van der Waals surface area (Å²) >= 11 is 0. The Hall–Kier alpha value is -3.14. The molecule has 9 nitrogen and oxygen atoms in total. The summed E-state index contributed by atoms with van der Waals surface area (Å²) in [6.07, 6.45) is 1.66. The molecule has 0 saturated carbocycles. The lowest BCUT2D eigenvalue weighted by molar-refractivity contribution is -0.123. The number of para-hydroxylation sites is 1. The Morgan fingerprint density at radius 3 is 2.63 bits per heavy atom. The molecule has 162 valence electrons. The van der Waals surface area contributed by atoms with Gasteiger partial charge in [-0.05, 0) is 12.1 Å². The smallest absolute Gasteiger partial charge is 0.261 e. The highest BCUT2D eigenvalue weighted by Gasteiger charge is 2.26. The van der Waals surface area contributed by atoms with Gasteiger partial charge in [-0.2, -0.15) is 0 Å². The third-order valence-corrected chi connectivity index (χ3v) is 4.82. The van der Waals surface area contributed by atoms with Crippen molar-refractivity contribution in [3.05, 3.63) is 41.8 Å². The maximum absolute atomic E-state index is 13.5. The molecule has 1 saturated heterocycles. The van der Waals surface area contributed by atoms with Crippen molar-refractivity contribution in [2.45, 2.75) is 0 Å².